The molecule has 0 unspecified atom stereocenters. The highest BCUT2D eigenvalue weighted by Crippen LogP contribution is 2.25. The Morgan fingerprint density at radius 3 is 2.20 bits per heavy atom. The molecule has 2 N–H and O–H groups in total. The van der Waals surface area contributed by atoms with Crippen LogP contribution in [0.4, 0.5) is 11.4 Å². The van der Waals surface area contributed by atoms with E-state index in [0.29, 0.717) is 18.1 Å². The second-order valence-electron chi connectivity index (χ2n) is 8.15. The molecular formula is C26H24Cl2N4O2S. The number of benzene rings is 3. The second kappa shape index (κ2) is 11.1. The topological polar surface area (TPSA) is 64.7 Å². The van der Waals surface area contributed by atoms with Gasteiger partial charge in [0.05, 0.1) is 15.6 Å². The standard InChI is InChI=1S/C26H24Cl2N4O2S/c1-17-5-2-3-6-20(17)25(34)32-15-13-31(14-16-32)19-11-9-18(10-12-19)29-26(35)30-24(33)21-7-4-8-22(27)23(21)28/h2-12H,13-16H2,1H3,(H2,29,30,33,35). The van der Waals surface area contributed by atoms with Crippen LogP contribution < -0.4 is 15.5 Å². The molecule has 0 saturated carbocycles. The SMILES string of the molecule is Cc1ccccc1C(=O)N1CCN(c2ccc(NC(=S)NC(=O)c3cccc(Cl)c3Cl)cc2)CC1. The molecule has 0 aliphatic carbocycles. The second-order valence-corrected chi connectivity index (χ2v) is 9.34. The third-order valence-corrected chi connectivity index (χ3v) is 6.88. The minimum Gasteiger partial charge on any atom is -0.368 e. The fraction of sp³-hybridized carbons (Fsp3) is 0.192. The third-order valence-electron chi connectivity index (χ3n) is 5.86. The summed E-state index contributed by atoms with van der Waals surface area (Å²) < 4.78 is 0. The smallest absolute Gasteiger partial charge is 0.258 e. The first kappa shape index (κ1) is 25.0. The zero-order valence-electron chi connectivity index (χ0n) is 19.1. The Balaban J connectivity index is 1.30. The van der Waals surface area contributed by atoms with Crippen LogP contribution in [0, 0.1) is 6.92 Å². The minimum absolute atomic E-state index is 0.0805. The summed E-state index contributed by atoms with van der Waals surface area (Å²) in [6.07, 6.45) is 0. The summed E-state index contributed by atoms with van der Waals surface area (Å²) in [6, 6.07) is 20.3. The van der Waals surface area contributed by atoms with Crippen molar-refractivity contribution in [3.8, 4) is 0 Å². The van der Waals surface area contributed by atoms with Gasteiger partial charge in [-0.05, 0) is 67.2 Å². The van der Waals surface area contributed by atoms with Crippen molar-refractivity contribution in [3.05, 3.63) is 93.5 Å². The van der Waals surface area contributed by atoms with E-state index in [1.54, 1.807) is 18.2 Å². The summed E-state index contributed by atoms with van der Waals surface area (Å²) in [5.41, 5.74) is 3.80. The van der Waals surface area contributed by atoms with E-state index in [0.717, 1.165) is 35.6 Å². The fourth-order valence-electron chi connectivity index (χ4n) is 3.92. The zero-order valence-corrected chi connectivity index (χ0v) is 21.4. The Hall–Kier alpha value is -3.13. The van der Waals surface area contributed by atoms with Crippen molar-refractivity contribution in [2.45, 2.75) is 6.92 Å². The molecule has 3 aromatic carbocycles. The molecule has 0 radical (unpaired) electrons. The predicted molar refractivity (Wildman–Crippen MR) is 146 cm³/mol. The highest BCUT2D eigenvalue weighted by molar-refractivity contribution is 7.80. The van der Waals surface area contributed by atoms with E-state index in [-0.39, 0.29) is 21.6 Å². The van der Waals surface area contributed by atoms with Crippen LogP contribution in [-0.4, -0.2) is 48.0 Å². The van der Waals surface area contributed by atoms with Crippen LogP contribution in [-0.2, 0) is 0 Å². The quantitative estimate of drug-likeness (QED) is 0.446. The number of rotatable bonds is 4. The van der Waals surface area contributed by atoms with Gasteiger partial charge in [-0.15, -0.1) is 0 Å². The first-order chi connectivity index (χ1) is 16.8. The Morgan fingerprint density at radius 2 is 1.51 bits per heavy atom. The van der Waals surface area contributed by atoms with E-state index >= 15 is 0 Å². The number of halogens is 2. The summed E-state index contributed by atoms with van der Waals surface area (Å²) in [6.45, 7) is 4.78. The van der Waals surface area contributed by atoms with E-state index in [1.165, 1.54) is 0 Å². The average Bonchev–Trinajstić information content (AvgIpc) is 2.86. The fourth-order valence-corrected chi connectivity index (χ4v) is 4.52. The molecule has 0 aromatic heterocycles. The van der Waals surface area contributed by atoms with Gasteiger partial charge in [-0.2, -0.15) is 0 Å². The third kappa shape index (κ3) is 5.93. The molecule has 0 spiro atoms. The van der Waals surface area contributed by atoms with Crippen molar-refractivity contribution in [2.24, 2.45) is 0 Å². The average molecular weight is 527 g/mol. The number of nitrogens with zero attached hydrogens (tertiary/aromatic N) is 2. The number of hydrogen-bond acceptors (Lipinski definition) is 4. The molecule has 180 valence electrons. The van der Waals surface area contributed by atoms with Gasteiger partial charge in [0, 0.05) is 43.1 Å². The lowest BCUT2D eigenvalue weighted by atomic mass is 10.1. The summed E-state index contributed by atoms with van der Waals surface area (Å²) >= 11 is 17.3. The van der Waals surface area contributed by atoms with Gasteiger partial charge in [0.15, 0.2) is 5.11 Å². The normalized spacial score (nSPS) is 13.3. The Labute approximate surface area is 219 Å². The van der Waals surface area contributed by atoms with E-state index < -0.39 is 5.91 Å². The van der Waals surface area contributed by atoms with Gasteiger partial charge >= 0.3 is 0 Å². The number of hydrogen-bond donors (Lipinski definition) is 2. The van der Waals surface area contributed by atoms with E-state index in [1.807, 2.05) is 60.4 Å². The summed E-state index contributed by atoms with van der Waals surface area (Å²) in [4.78, 5) is 29.5. The van der Waals surface area contributed by atoms with Crippen molar-refractivity contribution >= 4 is 63.7 Å². The molecule has 2 amide bonds. The Morgan fingerprint density at radius 1 is 0.857 bits per heavy atom. The first-order valence-corrected chi connectivity index (χ1v) is 12.3. The highest BCUT2D eigenvalue weighted by atomic mass is 35.5. The molecule has 0 atom stereocenters. The number of carbonyl (C=O) groups is 2. The zero-order chi connectivity index (χ0) is 24.9. The maximum atomic E-state index is 12.9. The number of thiocarbonyl (C=S) groups is 1. The molecule has 9 heteroatoms. The molecule has 1 aliphatic heterocycles. The molecule has 3 aromatic rings. The van der Waals surface area contributed by atoms with Gasteiger partial charge in [0.25, 0.3) is 11.8 Å². The first-order valence-electron chi connectivity index (χ1n) is 11.1. The molecule has 0 bridgehead atoms. The van der Waals surface area contributed by atoms with Crippen molar-refractivity contribution in [1.82, 2.24) is 10.2 Å². The lowest BCUT2D eigenvalue weighted by Gasteiger charge is -2.36. The summed E-state index contributed by atoms with van der Waals surface area (Å²) in [7, 11) is 0. The van der Waals surface area contributed by atoms with Gasteiger partial charge in [0.1, 0.15) is 0 Å². The largest absolute Gasteiger partial charge is 0.368 e. The van der Waals surface area contributed by atoms with Crippen molar-refractivity contribution in [1.29, 1.82) is 0 Å². The van der Waals surface area contributed by atoms with Gasteiger partial charge < -0.3 is 15.1 Å². The monoisotopic (exact) mass is 526 g/mol. The van der Waals surface area contributed by atoms with E-state index in [9.17, 15) is 9.59 Å². The van der Waals surface area contributed by atoms with Crippen LogP contribution in [0.1, 0.15) is 26.3 Å². The Bertz CT molecular complexity index is 1260. The minimum atomic E-state index is -0.440. The van der Waals surface area contributed by atoms with Crippen LogP contribution in [0.3, 0.4) is 0 Å². The number of nitrogens with one attached hydrogen (secondary N) is 2. The molecule has 1 aliphatic rings. The van der Waals surface area contributed by atoms with Gasteiger partial charge in [-0.1, -0.05) is 47.5 Å². The molecule has 1 saturated heterocycles. The molecule has 35 heavy (non-hydrogen) atoms. The predicted octanol–water partition coefficient (Wildman–Crippen LogP) is 5.39. The molecule has 1 fully saturated rings. The molecule has 6 nitrogen and oxygen atoms in total. The number of piperazine rings is 1. The summed E-state index contributed by atoms with van der Waals surface area (Å²) in [5, 5.41) is 6.25. The highest BCUT2D eigenvalue weighted by Gasteiger charge is 2.23. The lowest BCUT2D eigenvalue weighted by molar-refractivity contribution is 0.0746. The van der Waals surface area contributed by atoms with E-state index in [2.05, 4.69) is 15.5 Å². The molecule has 1 heterocycles. The van der Waals surface area contributed by atoms with Crippen LogP contribution in [0.2, 0.25) is 10.0 Å². The summed E-state index contributed by atoms with van der Waals surface area (Å²) in [5.74, 6) is -0.360. The van der Waals surface area contributed by atoms with Crippen LogP contribution in [0.15, 0.2) is 66.7 Å². The number of amides is 2. The number of anilines is 2. The van der Waals surface area contributed by atoms with Crippen LogP contribution >= 0.6 is 35.4 Å². The maximum absolute atomic E-state index is 12.9. The number of aryl methyl sites for hydroxylation is 1. The van der Waals surface area contributed by atoms with Gasteiger partial charge in [0.2, 0.25) is 0 Å². The van der Waals surface area contributed by atoms with Crippen molar-refractivity contribution in [2.75, 3.05) is 36.4 Å². The van der Waals surface area contributed by atoms with Gasteiger partial charge in [-0.3, -0.25) is 14.9 Å². The maximum Gasteiger partial charge on any atom is 0.258 e. The van der Waals surface area contributed by atoms with E-state index in [4.69, 9.17) is 35.4 Å². The lowest BCUT2D eigenvalue weighted by Crippen LogP contribution is -2.48. The van der Waals surface area contributed by atoms with Gasteiger partial charge in [-0.25, -0.2) is 0 Å². The van der Waals surface area contributed by atoms with Crippen LogP contribution in [0.5, 0.6) is 0 Å². The van der Waals surface area contributed by atoms with Crippen molar-refractivity contribution < 1.29 is 9.59 Å². The number of carbonyl (C=O) groups excluding carboxylic acids is 2. The van der Waals surface area contributed by atoms with Crippen LogP contribution in [0.25, 0.3) is 0 Å². The molecule has 4 rings (SSSR count). The Kier molecular flexibility index (Phi) is 7.90. The molecular weight excluding hydrogens is 503 g/mol. The van der Waals surface area contributed by atoms with Crippen molar-refractivity contribution in [3.63, 3.8) is 0 Å².